The number of nitrogens with two attached hydrogens (primary N) is 1. The van der Waals surface area contributed by atoms with Crippen molar-refractivity contribution < 1.29 is 13.2 Å². The largest absolute Gasteiger partial charge is 0.382 e. The van der Waals surface area contributed by atoms with Gasteiger partial charge in [0.2, 0.25) is 10.0 Å². The number of carbonyl (C=O) groups excluding carboxylic acids is 1. The van der Waals surface area contributed by atoms with Crippen LogP contribution in [-0.4, -0.2) is 44.4 Å². The summed E-state index contributed by atoms with van der Waals surface area (Å²) in [4.78, 5) is 21.0. The molecule has 0 saturated heterocycles. The van der Waals surface area contributed by atoms with Gasteiger partial charge in [0.15, 0.2) is 11.5 Å². The first-order valence-electron chi connectivity index (χ1n) is 9.14. The van der Waals surface area contributed by atoms with Crippen molar-refractivity contribution in [2.45, 2.75) is 4.90 Å². The van der Waals surface area contributed by atoms with Crippen LogP contribution in [0.1, 0.15) is 10.5 Å². The van der Waals surface area contributed by atoms with Crippen LogP contribution in [0.2, 0.25) is 0 Å². The lowest BCUT2D eigenvalue weighted by Crippen LogP contribution is -2.30. The molecule has 10 heteroatoms. The Bertz CT molecular complexity index is 1120. The zero-order valence-electron chi connectivity index (χ0n) is 16.3. The summed E-state index contributed by atoms with van der Waals surface area (Å²) in [5, 5.41) is 5.59. The number of para-hydroxylation sites is 1. The Labute approximate surface area is 174 Å². The molecule has 0 aliphatic carbocycles. The highest BCUT2D eigenvalue weighted by Crippen LogP contribution is 2.21. The average Bonchev–Trinajstić information content (AvgIpc) is 2.75. The fraction of sp³-hybridized carbons (Fsp3) is 0.150. The zero-order chi connectivity index (χ0) is 21.6. The van der Waals surface area contributed by atoms with Crippen molar-refractivity contribution in [1.29, 1.82) is 0 Å². The lowest BCUT2D eigenvalue weighted by atomic mass is 10.1. The molecule has 1 heterocycles. The number of likely N-dealkylation sites (N-methyl/N-ethyl adjacent to an activating group) is 1. The normalized spacial score (nSPS) is 11.2. The minimum absolute atomic E-state index is 0.000104. The molecule has 2 aromatic carbocycles. The van der Waals surface area contributed by atoms with Gasteiger partial charge in [-0.15, -0.1) is 0 Å². The molecule has 0 saturated carbocycles. The Hall–Kier alpha value is -3.34. The molecule has 9 nitrogen and oxygen atoms in total. The number of hydrogen-bond acceptors (Lipinski definition) is 7. The number of rotatable bonds is 8. The van der Waals surface area contributed by atoms with Crippen molar-refractivity contribution in [1.82, 2.24) is 20.0 Å². The number of aromatic nitrogens is 2. The van der Waals surface area contributed by atoms with Crippen LogP contribution in [0.25, 0.3) is 11.3 Å². The molecule has 0 atom stereocenters. The molecule has 3 rings (SSSR count). The minimum Gasteiger partial charge on any atom is -0.382 e. The minimum atomic E-state index is -3.60. The van der Waals surface area contributed by atoms with Gasteiger partial charge in [-0.25, -0.2) is 23.1 Å². The first-order valence-corrected chi connectivity index (χ1v) is 10.6. The van der Waals surface area contributed by atoms with E-state index in [2.05, 4.69) is 25.3 Å². The van der Waals surface area contributed by atoms with E-state index in [0.29, 0.717) is 23.5 Å². The van der Waals surface area contributed by atoms with Crippen LogP contribution >= 0.6 is 0 Å². The van der Waals surface area contributed by atoms with E-state index in [1.165, 1.54) is 18.3 Å². The first kappa shape index (κ1) is 21.4. The fourth-order valence-electron chi connectivity index (χ4n) is 2.61. The summed E-state index contributed by atoms with van der Waals surface area (Å²) in [6.07, 6.45) is 1.43. The second-order valence-electron chi connectivity index (χ2n) is 6.33. The molecule has 3 aromatic rings. The SMILES string of the molecule is CNCCNS(=O)(=O)c1ccc(-c2cnc(N)c(C(=O)Nc3ccccc3)n2)cc1. The summed E-state index contributed by atoms with van der Waals surface area (Å²) >= 11 is 0. The number of anilines is 2. The van der Waals surface area contributed by atoms with Crippen LogP contribution in [-0.2, 0) is 10.0 Å². The van der Waals surface area contributed by atoms with Gasteiger partial charge in [0, 0.05) is 24.3 Å². The molecule has 0 aliphatic heterocycles. The zero-order valence-corrected chi connectivity index (χ0v) is 17.1. The monoisotopic (exact) mass is 426 g/mol. The summed E-state index contributed by atoms with van der Waals surface area (Å²) in [6.45, 7) is 0.802. The molecule has 30 heavy (non-hydrogen) atoms. The summed E-state index contributed by atoms with van der Waals surface area (Å²) in [5.41, 5.74) is 7.43. The summed E-state index contributed by atoms with van der Waals surface area (Å²) in [7, 11) is -1.86. The summed E-state index contributed by atoms with van der Waals surface area (Å²) < 4.78 is 27.1. The van der Waals surface area contributed by atoms with Crippen LogP contribution in [0.4, 0.5) is 11.5 Å². The third-order valence-electron chi connectivity index (χ3n) is 4.17. The van der Waals surface area contributed by atoms with E-state index in [-0.39, 0.29) is 23.0 Å². The average molecular weight is 427 g/mol. The van der Waals surface area contributed by atoms with Crippen LogP contribution in [0.3, 0.4) is 0 Å². The standard InChI is InChI=1S/C20H22N6O3S/c1-22-11-12-24-30(28,29)16-9-7-14(8-10-16)17-13-23-19(21)18(26-17)20(27)25-15-5-3-2-4-6-15/h2-10,13,22,24H,11-12H2,1H3,(H2,21,23)(H,25,27). The summed E-state index contributed by atoms with van der Waals surface area (Å²) in [6, 6.07) is 15.1. The van der Waals surface area contributed by atoms with Crippen molar-refractivity contribution in [2.75, 3.05) is 31.2 Å². The van der Waals surface area contributed by atoms with Gasteiger partial charge in [-0.1, -0.05) is 30.3 Å². The smallest absolute Gasteiger partial charge is 0.278 e. The maximum absolute atomic E-state index is 12.5. The molecule has 156 valence electrons. The molecule has 0 fully saturated rings. The summed E-state index contributed by atoms with van der Waals surface area (Å²) in [5.74, 6) is -0.485. The van der Waals surface area contributed by atoms with Crippen molar-refractivity contribution >= 4 is 27.4 Å². The fourth-order valence-corrected chi connectivity index (χ4v) is 3.65. The molecule has 0 aliphatic rings. The van der Waals surface area contributed by atoms with E-state index >= 15 is 0 Å². The van der Waals surface area contributed by atoms with E-state index in [9.17, 15) is 13.2 Å². The Morgan fingerprint density at radius 3 is 2.40 bits per heavy atom. The van der Waals surface area contributed by atoms with E-state index in [4.69, 9.17) is 5.73 Å². The molecule has 1 aromatic heterocycles. The first-order chi connectivity index (χ1) is 14.4. The van der Waals surface area contributed by atoms with E-state index in [1.54, 1.807) is 43.4 Å². The lowest BCUT2D eigenvalue weighted by Gasteiger charge is -2.09. The van der Waals surface area contributed by atoms with Crippen molar-refractivity contribution in [2.24, 2.45) is 0 Å². The number of carbonyl (C=O) groups is 1. The highest BCUT2D eigenvalue weighted by Gasteiger charge is 2.16. The number of sulfonamides is 1. The predicted molar refractivity (Wildman–Crippen MR) is 115 cm³/mol. The van der Waals surface area contributed by atoms with Gasteiger partial charge in [0.1, 0.15) is 0 Å². The van der Waals surface area contributed by atoms with Gasteiger partial charge in [0.05, 0.1) is 16.8 Å². The number of nitrogens with zero attached hydrogens (tertiary/aromatic N) is 2. The number of nitrogens with one attached hydrogen (secondary N) is 3. The Balaban J connectivity index is 1.81. The van der Waals surface area contributed by atoms with Crippen LogP contribution in [0.5, 0.6) is 0 Å². The number of benzene rings is 2. The van der Waals surface area contributed by atoms with Crippen LogP contribution in [0.15, 0.2) is 65.7 Å². The maximum atomic E-state index is 12.5. The third-order valence-corrected chi connectivity index (χ3v) is 5.65. The Kier molecular flexibility index (Phi) is 6.72. The third kappa shape index (κ3) is 5.17. The van der Waals surface area contributed by atoms with Gasteiger partial charge in [0.25, 0.3) is 5.91 Å². The van der Waals surface area contributed by atoms with Crippen molar-refractivity contribution in [3.05, 3.63) is 66.5 Å². The Morgan fingerprint density at radius 2 is 1.73 bits per heavy atom. The maximum Gasteiger partial charge on any atom is 0.278 e. The highest BCUT2D eigenvalue weighted by molar-refractivity contribution is 7.89. The van der Waals surface area contributed by atoms with E-state index < -0.39 is 15.9 Å². The molecule has 0 bridgehead atoms. The molecule has 5 N–H and O–H groups in total. The van der Waals surface area contributed by atoms with Gasteiger partial charge >= 0.3 is 0 Å². The molecule has 0 radical (unpaired) electrons. The number of amides is 1. The van der Waals surface area contributed by atoms with E-state index in [1.807, 2.05) is 6.07 Å². The van der Waals surface area contributed by atoms with Gasteiger partial charge in [-0.2, -0.15) is 0 Å². The predicted octanol–water partition coefficient (Wildman–Crippen LogP) is 1.48. The number of nitrogen functional groups attached to an aromatic ring is 1. The second kappa shape index (κ2) is 9.44. The van der Waals surface area contributed by atoms with E-state index in [0.717, 1.165) is 0 Å². The Morgan fingerprint density at radius 1 is 1.03 bits per heavy atom. The van der Waals surface area contributed by atoms with Gasteiger partial charge in [-0.3, -0.25) is 4.79 Å². The molecular weight excluding hydrogens is 404 g/mol. The van der Waals surface area contributed by atoms with Crippen LogP contribution < -0.4 is 21.1 Å². The molecule has 0 unspecified atom stereocenters. The quantitative estimate of drug-likeness (QED) is 0.400. The van der Waals surface area contributed by atoms with Gasteiger partial charge < -0.3 is 16.4 Å². The second-order valence-corrected chi connectivity index (χ2v) is 8.10. The highest BCUT2D eigenvalue weighted by atomic mass is 32.2. The van der Waals surface area contributed by atoms with Crippen LogP contribution in [0, 0.1) is 0 Å². The molecular formula is C20H22N6O3S. The lowest BCUT2D eigenvalue weighted by molar-refractivity contribution is 0.102. The molecule has 0 spiro atoms. The van der Waals surface area contributed by atoms with Crippen molar-refractivity contribution in [3.8, 4) is 11.3 Å². The number of hydrogen-bond donors (Lipinski definition) is 4. The van der Waals surface area contributed by atoms with Gasteiger partial charge in [-0.05, 0) is 31.3 Å². The topological polar surface area (TPSA) is 139 Å². The van der Waals surface area contributed by atoms with Crippen molar-refractivity contribution in [3.63, 3.8) is 0 Å². The molecule has 1 amide bonds.